The summed E-state index contributed by atoms with van der Waals surface area (Å²) in [7, 11) is 0. The van der Waals surface area contributed by atoms with Gasteiger partial charge in [-0.3, -0.25) is 0 Å². The van der Waals surface area contributed by atoms with Crippen LogP contribution in [0.3, 0.4) is 0 Å². The fourth-order valence-electron chi connectivity index (χ4n) is 1.58. The smallest absolute Gasteiger partial charge is 0.328 e. The van der Waals surface area contributed by atoms with E-state index in [9.17, 15) is 4.79 Å². The number of carboxylic acids is 1. The van der Waals surface area contributed by atoms with E-state index in [0.717, 1.165) is 16.9 Å². The number of carboxylic acid groups (broad SMARTS) is 1. The summed E-state index contributed by atoms with van der Waals surface area (Å²) in [4.78, 5) is 10.4. The Morgan fingerprint density at radius 3 is 2.94 bits per heavy atom. The Hall–Kier alpha value is -1.81. The van der Waals surface area contributed by atoms with E-state index in [-0.39, 0.29) is 0 Å². The Balaban J connectivity index is 2.44. The highest BCUT2D eigenvalue weighted by molar-refractivity contribution is 5.80. The van der Waals surface area contributed by atoms with Crippen LogP contribution in [0.25, 0.3) is 0 Å². The first-order valence-corrected chi connectivity index (χ1v) is 5.94. The molecule has 0 aliphatic carbocycles. The number of benzene rings is 1. The monoisotopic (exact) mass is 249 g/mol. The lowest BCUT2D eigenvalue weighted by Crippen LogP contribution is -2.16. The van der Waals surface area contributed by atoms with Gasteiger partial charge in [0.1, 0.15) is 5.75 Å². The zero-order chi connectivity index (χ0) is 13.4. The topological polar surface area (TPSA) is 58.6 Å². The minimum absolute atomic E-state index is 0.561. The number of nitrogens with one attached hydrogen (secondary N) is 1. The highest BCUT2D eigenvalue weighted by atomic mass is 16.5. The number of hydrogen-bond acceptors (Lipinski definition) is 3. The molecule has 0 aromatic heterocycles. The van der Waals surface area contributed by atoms with Crippen LogP contribution in [0.5, 0.6) is 5.75 Å². The second-order valence-corrected chi connectivity index (χ2v) is 4.01. The fourth-order valence-corrected chi connectivity index (χ4v) is 1.58. The molecule has 0 unspecified atom stereocenters. The van der Waals surface area contributed by atoms with Crippen LogP contribution >= 0.6 is 0 Å². The first-order valence-electron chi connectivity index (χ1n) is 5.94. The lowest BCUT2D eigenvalue weighted by Gasteiger charge is -2.07. The van der Waals surface area contributed by atoms with Gasteiger partial charge in [0.05, 0.1) is 6.61 Å². The van der Waals surface area contributed by atoms with E-state index in [0.29, 0.717) is 19.7 Å². The molecule has 1 aromatic carbocycles. The Kier molecular flexibility index (Phi) is 5.94. The van der Waals surface area contributed by atoms with E-state index in [1.54, 1.807) is 6.92 Å². The predicted molar refractivity (Wildman–Crippen MR) is 70.7 cm³/mol. The van der Waals surface area contributed by atoms with Gasteiger partial charge in [0, 0.05) is 19.2 Å². The molecule has 0 aliphatic rings. The zero-order valence-electron chi connectivity index (χ0n) is 10.8. The Morgan fingerprint density at radius 1 is 1.50 bits per heavy atom. The van der Waals surface area contributed by atoms with Crippen LogP contribution in [0.4, 0.5) is 0 Å². The largest absolute Gasteiger partial charge is 0.494 e. The zero-order valence-corrected chi connectivity index (χ0v) is 10.8. The molecule has 1 aromatic rings. The summed E-state index contributed by atoms with van der Waals surface area (Å²) < 4.78 is 5.41. The van der Waals surface area contributed by atoms with Gasteiger partial charge in [-0.25, -0.2) is 4.79 Å². The van der Waals surface area contributed by atoms with Crippen LogP contribution in [0.15, 0.2) is 35.9 Å². The van der Waals surface area contributed by atoms with Crippen LogP contribution in [0, 0.1) is 0 Å². The third-order valence-electron chi connectivity index (χ3n) is 2.31. The van der Waals surface area contributed by atoms with Crippen molar-refractivity contribution in [3.63, 3.8) is 0 Å². The van der Waals surface area contributed by atoms with Gasteiger partial charge in [0.25, 0.3) is 0 Å². The highest BCUT2D eigenvalue weighted by Crippen LogP contribution is 2.12. The molecule has 98 valence electrons. The maximum Gasteiger partial charge on any atom is 0.328 e. The maximum atomic E-state index is 10.4. The van der Waals surface area contributed by atoms with Crippen LogP contribution < -0.4 is 10.1 Å². The predicted octanol–water partition coefficient (Wildman–Crippen LogP) is 2.21. The minimum atomic E-state index is -0.910. The molecule has 0 radical (unpaired) electrons. The van der Waals surface area contributed by atoms with Crippen LogP contribution in [0.2, 0.25) is 0 Å². The number of ether oxygens (including phenoxy) is 1. The van der Waals surface area contributed by atoms with E-state index in [1.165, 1.54) is 6.08 Å². The molecule has 0 amide bonds. The Labute approximate surface area is 107 Å². The van der Waals surface area contributed by atoms with Crippen molar-refractivity contribution in [2.45, 2.75) is 20.4 Å². The standard InChI is InChI=1S/C14H19NO3/c1-3-18-13-6-4-5-12(8-13)10-15-9-11(2)7-14(16)17/h4-8,15H,3,9-10H2,1-2H3,(H,16,17)/b11-7+. The van der Waals surface area contributed by atoms with Crippen LogP contribution in [-0.2, 0) is 11.3 Å². The summed E-state index contributed by atoms with van der Waals surface area (Å²) in [6, 6.07) is 7.85. The second-order valence-electron chi connectivity index (χ2n) is 4.01. The van der Waals surface area contributed by atoms with Gasteiger partial charge in [-0.1, -0.05) is 17.7 Å². The summed E-state index contributed by atoms with van der Waals surface area (Å²) in [5, 5.41) is 11.8. The first-order chi connectivity index (χ1) is 8.61. The highest BCUT2D eigenvalue weighted by Gasteiger charge is 1.98. The molecule has 2 N–H and O–H groups in total. The fraction of sp³-hybridized carbons (Fsp3) is 0.357. The number of hydrogen-bond donors (Lipinski definition) is 2. The lowest BCUT2D eigenvalue weighted by atomic mass is 10.2. The van der Waals surface area contributed by atoms with Gasteiger partial charge in [-0.05, 0) is 31.5 Å². The van der Waals surface area contributed by atoms with Crippen molar-refractivity contribution in [3.05, 3.63) is 41.5 Å². The van der Waals surface area contributed by atoms with Gasteiger partial charge >= 0.3 is 5.97 Å². The van der Waals surface area contributed by atoms with Gasteiger partial charge in [0.2, 0.25) is 0 Å². The molecule has 0 aliphatic heterocycles. The molecular weight excluding hydrogens is 230 g/mol. The molecule has 4 nitrogen and oxygen atoms in total. The molecule has 18 heavy (non-hydrogen) atoms. The number of carbonyl (C=O) groups is 1. The normalized spacial score (nSPS) is 11.3. The molecule has 0 saturated heterocycles. The minimum Gasteiger partial charge on any atom is -0.494 e. The van der Waals surface area contributed by atoms with Crippen molar-refractivity contribution in [1.29, 1.82) is 0 Å². The van der Waals surface area contributed by atoms with Crippen molar-refractivity contribution >= 4 is 5.97 Å². The van der Waals surface area contributed by atoms with E-state index in [4.69, 9.17) is 9.84 Å². The third-order valence-corrected chi connectivity index (χ3v) is 2.31. The van der Waals surface area contributed by atoms with Crippen molar-refractivity contribution < 1.29 is 14.6 Å². The van der Waals surface area contributed by atoms with Crippen LogP contribution in [0.1, 0.15) is 19.4 Å². The van der Waals surface area contributed by atoms with E-state index < -0.39 is 5.97 Å². The second kappa shape index (κ2) is 7.50. The SMILES string of the molecule is CCOc1cccc(CNC/C(C)=C/C(=O)O)c1. The first kappa shape index (κ1) is 14.3. The van der Waals surface area contributed by atoms with Crippen molar-refractivity contribution in [2.75, 3.05) is 13.2 Å². The summed E-state index contributed by atoms with van der Waals surface area (Å²) in [6.07, 6.45) is 1.21. The van der Waals surface area contributed by atoms with Crippen molar-refractivity contribution in [2.24, 2.45) is 0 Å². The van der Waals surface area contributed by atoms with Gasteiger partial charge in [0.15, 0.2) is 0 Å². The van der Waals surface area contributed by atoms with E-state index in [1.807, 2.05) is 31.2 Å². The van der Waals surface area contributed by atoms with E-state index >= 15 is 0 Å². The van der Waals surface area contributed by atoms with Crippen LogP contribution in [-0.4, -0.2) is 24.2 Å². The van der Waals surface area contributed by atoms with Gasteiger partial charge in [-0.15, -0.1) is 0 Å². The Morgan fingerprint density at radius 2 is 2.28 bits per heavy atom. The summed E-state index contributed by atoms with van der Waals surface area (Å²) >= 11 is 0. The quantitative estimate of drug-likeness (QED) is 0.727. The average molecular weight is 249 g/mol. The molecule has 0 fully saturated rings. The molecule has 0 bridgehead atoms. The molecule has 0 atom stereocenters. The average Bonchev–Trinajstić information content (AvgIpc) is 2.29. The summed E-state index contributed by atoms with van der Waals surface area (Å²) in [5.41, 5.74) is 1.91. The summed E-state index contributed by atoms with van der Waals surface area (Å²) in [5.74, 6) is -0.0535. The van der Waals surface area contributed by atoms with Crippen molar-refractivity contribution in [1.82, 2.24) is 5.32 Å². The van der Waals surface area contributed by atoms with Gasteiger partial charge < -0.3 is 15.2 Å². The number of rotatable bonds is 7. The molecule has 1 rings (SSSR count). The molecule has 0 spiro atoms. The lowest BCUT2D eigenvalue weighted by molar-refractivity contribution is -0.131. The molecule has 0 heterocycles. The molecule has 0 saturated carbocycles. The molecule has 4 heteroatoms. The third kappa shape index (κ3) is 5.50. The van der Waals surface area contributed by atoms with Crippen molar-refractivity contribution in [3.8, 4) is 5.75 Å². The molecular formula is C14H19NO3. The maximum absolute atomic E-state index is 10.4. The van der Waals surface area contributed by atoms with E-state index in [2.05, 4.69) is 5.32 Å². The summed E-state index contributed by atoms with van der Waals surface area (Å²) in [6.45, 7) is 5.64. The Bertz CT molecular complexity index is 427. The van der Waals surface area contributed by atoms with Gasteiger partial charge in [-0.2, -0.15) is 0 Å². The number of aliphatic carboxylic acids is 1.